The maximum absolute atomic E-state index is 12.7. The van der Waals surface area contributed by atoms with Crippen LogP contribution >= 0.6 is 34.5 Å². The van der Waals surface area contributed by atoms with Crippen LogP contribution in [0.4, 0.5) is 10.8 Å². The number of carbonyl (C=O) groups is 1. The summed E-state index contributed by atoms with van der Waals surface area (Å²) in [4.78, 5) is 12.7. The molecule has 0 bridgehead atoms. The predicted octanol–water partition coefficient (Wildman–Crippen LogP) is 4.31. The fourth-order valence-electron chi connectivity index (χ4n) is 2.61. The van der Waals surface area contributed by atoms with E-state index in [1.54, 1.807) is 0 Å². The Morgan fingerprint density at radius 2 is 1.79 bits per heavy atom. The van der Waals surface area contributed by atoms with E-state index in [0.717, 1.165) is 16.1 Å². The molecule has 0 unspecified atom stereocenters. The van der Waals surface area contributed by atoms with E-state index in [2.05, 4.69) is 15.5 Å². The Kier molecular flexibility index (Phi) is 6.42. The van der Waals surface area contributed by atoms with Gasteiger partial charge in [0.25, 0.3) is 0 Å². The third-order valence-corrected chi connectivity index (χ3v) is 6.79. The minimum atomic E-state index is -3.78. The number of aromatic nitrogens is 2. The summed E-state index contributed by atoms with van der Waals surface area (Å²) in [7, 11) is -3.78. The van der Waals surface area contributed by atoms with Gasteiger partial charge in [-0.2, -0.15) is 0 Å². The van der Waals surface area contributed by atoms with Crippen LogP contribution < -0.4 is 9.62 Å². The average molecular weight is 471 g/mol. The number of nitrogens with one attached hydrogen (secondary N) is 1. The Hall–Kier alpha value is -2.20. The third-order valence-electron chi connectivity index (χ3n) is 3.92. The van der Waals surface area contributed by atoms with E-state index in [1.807, 2.05) is 30.3 Å². The first-order chi connectivity index (χ1) is 13.7. The van der Waals surface area contributed by atoms with Crippen molar-refractivity contribution in [3.8, 4) is 10.6 Å². The van der Waals surface area contributed by atoms with Gasteiger partial charge in [0.05, 0.1) is 22.0 Å². The molecule has 0 saturated carbocycles. The van der Waals surface area contributed by atoms with E-state index in [1.165, 1.54) is 36.5 Å². The zero-order chi connectivity index (χ0) is 21.2. The normalized spacial score (nSPS) is 12.4. The smallest absolute Gasteiger partial charge is 0.249 e. The standard InChI is InChI=1S/C18H16Cl2N4O3S2/c1-11(24(29(2,26)27)13-8-9-14(19)15(20)10-13)16(25)21-18-23-22-17(28-18)12-6-4-3-5-7-12/h3-11H,1-2H3,(H,21,23,25)/t11-/m1/s1. The van der Waals surface area contributed by atoms with Crippen LogP contribution in [0.2, 0.25) is 10.0 Å². The summed E-state index contributed by atoms with van der Waals surface area (Å²) in [5.41, 5.74) is 1.10. The lowest BCUT2D eigenvalue weighted by Gasteiger charge is -2.28. The molecular formula is C18H16Cl2N4O3S2. The Morgan fingerprint density at radius 3 is 2.41 bits per heavy atom. The maximum atomic E-state index is 12.7. The first-order valence-corrected chi connectivity index (χ1v) is 11.7. The second-order valence-electron chi connectivity index (χ2n) is 6.10. The van der Waals surface area contributed by atoms with Gasteiger partial charge in [-0.3, -0.25) is 14.4 Å². The zero-order valence-corrected chi connectivity index (χ0v) is 18.5. The van der Waals surface area contributed by atoms with Crippen molar-refractivity contribution in [3.63, 3.8) is 0 Å². The highest BCUT2D eigenvalue weighted by molar-refractivity contribution is 7.92. The lowest BCUT2D eigenvalue weighted by molar-refractivity contribution is -0.116. The van der Waals surface area contributed by atoms with Crippen molar-refractivity contribution in [2.75, 3.05) is 15.9 Å². The lowest BCUT2D eigenvalue weighted by atomic mass is 10.2. The average Bonchev–Trinajstić information content (AvgIpc) is 3.13. The number of hydrogen-bond donors (Lipinski definition) is 1. The van der Waals surface area contributed by atoms with Crippen molar-refractivity contribution in [1.29, 1.82) is 0 Å². The number of benzene rings is 2. The quantitative estimate of drug-likeness (QED) is 0.579. The molecule has 1 heterocycles. The van der Waals surface area contributed by atoms with Gasteiger partial charge in [-0.15, -0.1) is 10.2 Å². The molecule has 0 aliphatic carbocycles. The number of carbonyl (C=O) groups excluding carboxylic acids is 1. The van der Waals surface area contributed by atoms with Crippen LogP contribution in [0.15, 0.2) is 48.5 Å². The van der Waals surface area contributed by atoms with Crippen LogP contribution in [0.3, 0.4) is 0 Å². The highest BCUT2D eigenvalue weighted by Gasteiger charge is 2.30. The van der Waals surface area contributed by atoms with E-state index in [-0.39, 0.29) is 20.9 Å². The predicted molar refractivity (Wildman–Crippen MR) is 117 cm³/mol. The Labute approximate surface area is 182 Å². The fourth-order valence-corrected chi connectivity index (χ4v) is 4.82. The molecule has 3 aromatic rings. The van der Waals surface area contributed by atoms with Gasteiger partial charge in [0.15, 0.2) is 0 Å². The minimum absolute atomic E-state index is 0.182. The van der Waals surface area contributed by atoms with Gasteiger partial charge in [0.1, 0.15) is 11.0 Å². The van der Waals surface area contributed by atoms with Crippen LogP contribution in [0.5, 0.6) is 0 Å². The van der Waals surface area contributed by atoms with E-state index >= 15 is 0 Å². The van der Waals surface area contributed by atoms with Gasteiger partial charge in [-0.05, 0) is 25.1 Å². The Bertz CT molecular complexity index is 1140. The molecule has 2 aromatic carbocycles. The summed E-state index contributed by atoms with van der Waals surface area (Å²) in [6.45, 7) is 1.47. The zero-order valence-electron chi connectivity index (χ0n) is 15.3. The number of nitrogens with zero attached hydrogens (tertiary/aromatic N) is 3. The molecule has 0 radical (unpaired) electrons. The van der Waals surface area contributed by atoms with Crippen molar-refractivity contribution < 1.29 is 13.2 Å². The van der Waals surface area contributed by atoms with Crippen LogP contribution in [0.1, 0.15) is 6.92 Å². The molecule has 1 atom stereocenters. The Balaban J connectivity index is 1.83. The van der Waals surface area contributed by atoms with Gasteiger partial charge in [-0.1, -0.05) is 64.9 Å². The van der Waals surface area contributed by atoms with E-state index < -0.39 is 22.0 Å². The van der Waals surface area contributed by atoms with Gasteiger partial charge in [-0.25, -0.2) is 8.42 Å². The molecule has 0 spiro atoms. The minimum Gasteiger partial charge on any atom is -0.299 e. The number of hydrogen-bond acceptors (Lipinski definition) is 6. The third kappa shape index (κ3) is 5.05. The van der Waals surface area contributed by atoms with E-state index in [9.17, 15) is 13.2 Å². The molecule has 0 fully saturated rings. The molecule has 1 amide bonds. The van der Waals surface area contributed by atoms with Gasteiger partial charge in [0, 0.05) is 5.56 Å². The highest BCUT2D eigenvalue weighted by Crippen LogP contribution is 2.30. The van der Waals surface area contributed by atoms with Crippen molar-refractivity contribution in [2.45, 2.75) is 13.0 Å². The highest BCUT2D eigenvalue weighted by atomic mass is 35.5. The summed E-state index contributed by atoms with van der Waals surface area (Å²) in [6.07, 6.45) is 1.01. The molecule has 152 valence electrons. The second-order valence-corrected chi connectivity index (χ2v) is 9.75. The topological polar surface area (TPSA) is 92.3 Å². The summed E-state index contributed by atoms with van der Waals surface area (Å²) >= 11 is 13.1. The second kappa shape index (κ2) is 8.66. The molecule has 0 aliphatic heterocycles. The number of rotatable bonds is 6. The number of sulfonamides is 1. The van der Waals surface area contributed by atoms with Gasteiger partial charge in [0.2, 0.25) is 21.1 Å². The monoisotopic (exact) mass is 470 g/mol. The van der Waals surface area contributed by atoms with E-state index in [4.69, 9.17) is 23.2 Å². The summed E-state index contributed by atoms with van der Waals surface area (Å²) in [6, 6.07) is 12.7. The number of amides is 1. The molecule has 7 nitrogen and oxygen atoms in total. The van der Waals surface area contributed by atoms with Crippen molar-refractivity contribution in [3.05, 3.63) is 58.6 Å². The SMILES string of the molecule is C[C@H](C(=O)Nc1nnc(-c2ccccc2)s1)N(c1ccc(Cl)c(Cl)c1)S(C)(=O)=O. The number of anilines is 2. The van der Waals surface area contributed by atoms with Crippen LogP contribution in [-0.4, -0.2) is 36.8 Å². The maximum Gasteiger partial charge on any atom is 0.249 e. The molecule has 1 N–H and O–H groups in total. The largest absolute Gasteiger partial charge is 0.299 e. The molecular weight excluding hydrogens is 455 g/mol. The molecule has 3 rings (SSSR count). The summed E-state index contributed by atoms with van der Waals surface area (Å²) in [5, 5.41) is 12.0. The summed E-state index contributed by atoms with van der Waals surface area (Å²) in [5.74, 6) is -0.558. The first kappa shape index (κ1) is 21.5. The van der Waals surface area contributed by atoms with Gasteiger partial charge >= 0.3 is 0 Å². The number of halogens is 2. The lowest BCUT2D eigenvalue weighted by Crippen LogP contribution is -2.45. The molecule has 29 heavy (non-hydrogen) atoms. The van der Waals surface area contributed by atoms with Crippen molar-refractivity contribution >= 4 is 61.3 Å². The van der Waals surface area contributed by atoms with Crippen LogP contribution in [0.25, 0.3) is 10.6 Å². The molecule has 11 heteroatoms. The Morgan fingerprint density at radius 1 is 1.10 bits per heavy atom. The van der Waals surface area contributed by atoms with Crippen LogP contribution in [0, 0.1) is 0 Å². The summed E-state index contributed by atoms with van der Waals surface area (Å²) < 4.78 is 25.7. The fraction of sp³-hybridized carbons (Fsp3) is 0.167. The first-order valence-electron chi connectivity index (χ1n) is 8.31. The molecule has 0 saturated heterocycles. The van der Waals surface area contributed by atoms with Gasteiger partial charge < -0.3 is 0 Å². The molecule has 1 aromatic heterocycles. The van der Waals surface area contributed by atoms with Crippen molar-refractivity contribution in [2.24, 2.45) is 0 Å². The van der Waals surface area contributed by atoms with E-state index in [0.29, 0.717) is 5.01 Å². The molecule has 0 aliphatic rings. The van der Waals surface area contributed by atoms with Crippen LogP contribution in [-0.2, 0) is 14.8 Å². The van der Waals surface area contributed by atoms with Crippen molar-refractivity contribution in [1.82, 2.24) is 10.2 Å².